The first kappa shape index (κ1) is 10.6. The van der Waals surface area contributed by atoms with E-state index < -0.39 is 5.97 Å². The van der Waals surface area contributed by atoms with Gasteiger partial charge in [-0.15, -0.1) is 11.3 Å². The highest BCUT2D eigenvalue weighted by Crippen LogP contribution is 2.29. The number of carboxylic acids is 1. The molecule has 0 saturated heterocycles. The second-order valence-corrected chi connectivity index (χ2v) is 4.17. The lowest BCUT2D eigenvalue weighted by molar-refractivity contribution is 0.0702. The molecule has 0 bridgehead atoms. The Morgan fingerprint density at radius 3 is 2.88 bits per heavy atom. The quantitative estimate of drug-likeness (QED) is 0.888. The number of hydrogen-bond donors (Lipinski definition) is 1. The van der Waals surface area contributed by atoms with Gasteiger partial charge in [-0.25, -0.2) is 4.79 Å². The Hall–Kier alpha value is -1.88. The van der Waals surface area contributed by atoms with Gasteiger partial charge in [0, 0.05) is 16.6 Å². The van der Waals surface area contributed by atoms with Crippen molar-refractivity contribution in [3.05, 3.63) is 35.5 Å². The first-order valence-corrected chi connectivity index (χ1v) is 5.35. The maximum Gasteiger partial charge on any atom is 0.345 e. The monoisotopic (exact) mass is 235 g/mol. The van der Waals surface area contributed by atoms with Crippen LogP contribution in [0.5, 0.6) is 5.75 Å². The van der Waals surface area contributed by atoms with Crippen molar-refractivity contribution in [2.75, 3.05) is 7.11 Å². The summed E-state index contributed by atoms with van der Waals surface area (Å²) < 4.78 is 5.06. The molecule has 0 unspecified atom stereocenters. The summed E-state index contributed by atoms with van der Waals surface area (Å²) in [4.78, 5) is 15.9. The van der Waals surface area contributed by atoms with Crippen LogP contribution in [0.1, 0.15) is 9.67 Å². The van der Waals surface area contributed by atoms with Crippen LogP contribution in [0.2, 0.25) is 0 Å². The van der Waals surface area contributed by atoms with Gasteiger partial charge in [0.2, 0.25) is 0 Å². The summed E-state index contributed by atoms with van der Waals surface area (Å²) in [6.45, 7) is 0. The molecule has 16 heavy (non-hydrogen) atoms. The van der Waals surface area contributed by atoms with E-state index in [2.05, 4.69) is 4.98 Å². The molecule has 2 rings (SSSR count). The van der Waals surface area contributed by atoms with Gasteiger partial charge in [0.1, 0.15) is 10.6 Å². The Morgan fingerprint density at radius 1 is 1.44 bits per heavy atom. The topological polar surface area (TPSA) is 59.4 Å². The van der Waals surface area contributed by atoms with Crippen LogP contribution in [0, 0.1) is 0 Å². The van der Waals surface area contributed by atoms with E-state index in [1.54, 1.807) is 31.6 Å². The number of aromatic carboxylic acids is 1. The number of hydrogen-bond acceptors (Lipinski definition) is 4. The molecule has 0 aliphatic carbocycles. The van der Waals surface area contributed by atoms with Crippen LogP contribution in [0.4, 0.5) is 0 Å². The highest BCUT2D eigenvalue weighted by molar-refractivity contribution is 7.17. The van der Waals surface area contributed by atoms with Crippen molar-refractivity contribution in [1.29, 1.82) is 0 Å². The highest BCUT2D eigenvalue weighted by atomic mass is 32.1. The van der Waals surface area contributed by atoms with Gasteiger partial charge in [-0.2, -0.15) is 0 Å². The predicted octanol–water partition coefficient (Wildman–Crippen LogP) is 2.52. The number of carbonyl (C=O) groups is 1. The maximum absolute atomic E-state index is 10.7. The van der Waals surface area contributed by atoms with Crippen molar-refractivity contribution < 1.29 is 14.6 Å². The van der Waals surface area contributed by atoms with Crippen molar-refractivity contribution in [3.8, 4) is 16.2 Å². The summed E-state index contributed by atoms with van der Waals surface area (Å²) in [5, 5.41) is 8.82. The predicted molar refractivity (Wildman–Crippen MR) is 61.1 cm³/mol. The summed E-state index contributed by atoms with van der Waals surface area (Å²) in [5.74, 6) is -0.255. The van der Waals surface area contributed by atoms with Gasteiger partial charge < -0.3 is 9.84 Å². The molecule has 5 heteroatoms. The van der Waals surface area contributed by atoms with Crippen LogP contribution < -0.4 is 4.74 Å². The summed E-state index contributed by atoms with van der Waals surface area (Å²) >= 11 is 1.22. The Bertz CT molecular complexity index is 521. The number of ether oxygens (including phenoxy) is 1. The number of aromatic nitrogens is 1. The lowest BCUT2D eigenvalue weighted by Crippen LogP contribution is -1.89. The average molecular weight is 235 g/mol. The van der Waals surface area contributed by atoms with E-state index >= 15 is 0 Å². The van der Waals surface area contributed by atoms with Gasteiger partial charge in [0.25, 0.3) is 0 Å². The molecule has 0 aliphatic rings. The molecule has 82 valence electrons. The normalized spacial score (nSPS) is 10.1. The smallest absolute Gasteiger partial charge is 0.345 e. The number of methoxy groups -OCH3 is 1. The summed E-state index contributed by atoms with van der Waals surface area (Å²) in [7, 11) is 1.57. The minimum absolute atomic E-state index is 0.317. The van der Waals surface area contributed by atoms with Crippen molar-refractivity contribution in [2.24, 2.45) is 0 Å². The number of carboxylic acid groups (broad SMARTS) is 1. The zero-order chi connectivity index (χ0) is 11.5. The molecule has 0 amide bonds. The Kier molecular flexibility index (Phi) is 2.87. The second kappa shape index (κ2) is 4.32. The van der Waals surface area contributed by atoms with E-state index in [0.717, 1.165) is 10.4 Å². The van der Waals surface area contributed by atoms with Gasteiger partial charge in [0.15, 0.2) is 0 Å². The molecular weight excluding hydrogens is 226 g/mol. The Balaban J connectivity index is 2.38. The number of nitrogens with zero attached hydrogens (tertiary/aromatic N) is 1. The largest absolute Gasteiger partial charge is 0.495 e. The molecule has 1 N–H and O–H groups in total. The molecule has 0 fully saturated rings. The van der Waals surface area contributed by atoms with Crippen LogP contribution in [-0.4, -0.2) is 23.2 Å². The van der Waals surface area contributed by atoms with E-state index in [0.29, 0.717) is 10.6 Å². The zero-order valence-electron chi connectivity index (χ0n) is 8.51. The molecular formula is C11H9NO3S. The highest BCUT2D eigenvalue weighted by Gasteiger charge is 2.08. The van der Waals surface area contributed by atoms with Crippen LogP contribution in [-0.2, 0) is 0 Å². The number of rotatable bonds is 3. The molecule has 0 radical (unpaired) electrons. The Morgan fingerprint density at radius 2 is 2.25 bits per heavy atom. The third-order valence-corrected chi connectivity index (χ3v) is 3.17. The van der Waals surface area contributed by atoms with E-state index in [-0.39, 0.29) is 0 Å². The maximum atomic E-state index is 10.7. The van der Waals surface area contributed by atoms with Crippen LogP contribution >= 0.6 is 11.3 Å². The van der Waals surface area contributed by atoms with Crippen LogP contribution in [0.25, 0.3) is 10.4 Å². The first-order chi connectivity index (χ1) is 7.70. The molecule has 4 nitrogen and oxygen atoms in total. The van der Waals surface area contributed by atoms with E-state index in [9.17, 15) is 4.79 Å². The van der Waals surface area contributed by atoms with Gasteiger partial charge >= 0.3 is 5.97 Å². The van der Waals surface area contributed by atoms with Crippen molar-refractivity contribution in [3.63, 3.8) is 0 Å². The third kappa shape index (κ3) is 2.04. The van der Waals surface area contributed by atoms with E-state index in [1.165, 1.54) is 11.3 Å². The lowest BCUT2D eigenvalue weighted by atomic mass is 10.2. The minimum Gasteiger partial charge on any atom is -0.495 e. The van der Waals surface area contributed by atoms with Crippen molar-refractivity contribution >= 4 is 17.3 Å². The fourth-order valence-corrected chi connectivity index (χ4v) is 2.10. The van der Waals surface area contributed by atoms with Crippen LogP contribution in [0.3, 0.4) is 0 Å². The molecule has 2 aromatic rings. The summed E-state index contributed by atoms with van der Waals surface area (Å²) in [5.41, 5.74) is 0.858. The Labute approximate surface area is 96.1 Å². The van der Waals surface area contributed by atoms with Gasteiger partial charge in [-0.1, -0.05) is 0 Å². The molecule has 0 spiro atoms. The fraction of sp³-hybridized carbons (Fsp3) is 0.0909. The van der Waals surface area contributed by atoms with Gasteiger partial charge in [-0.3, -0.25) is 4.98 Å². The summed E-state index contributed by atoms with van der Waals surface area (Å²) in [6, 6.07) is 5.18. The number of thiophene rings is 1. The molecule has 0 aliphatic heterocycles. The SMILES string of the molecule is COc1cncc(-c2ccc(C(=O)O)s2)c1. The average Bonchev–Trinajstić information content (AvgIpc) is 2.78. The van der Waals surface area contributed by atoms with E-state index in [1.807, 2.05) is 6.07 Å². The number of pyridine rings is 1. The fourth-order valence-electron chi connectivity index (χ4n) is 1.27. The van der Waals surface area contributed by atoms with E-state index in [4.69, 9.17) is 9.84 Å². The molecule has 2 aromatic heterocycles. The van der Waals surface area contributed by atoms with Gasteiger partial charge in [-0.05, 0) is 18.2 Å². The summed E-state index contributed by atoms with van der Waals surface area (Å²) in [6.07, 6.45) is 3.29. The molecule has 0 aromatic carbocycles. The molecule has 0 saturated carbocycles. The lowest BCUT2D eigenvalue weighted by Gasteiger charge is -2.00. The standard InChI is InChI=1S/C11H9NO3S/c1-15-8-4-7(5-12-6-8)9-2-3-10(16-9)11(13)14/h2-6H,1H3,(H,13,14). The van der Waals surface area contributed by atoms with Crippen molar-refractivity contribution in [1.82, 2.24) is 4.98 Å². The zero-order valence-corrected chi connectivity index (χ0v) is 9.32. The molecule has 2 heterocycles. The van der Waals surface area contributed by atoms with Gasteiger partial charge in [0.05, 0.1) is 13.3 Å². The second-order valence-electron chi connectivity index (χ2n) is 3.08. The van der Waals surface area contributed by atoms with Crippen molar-refractivity contribution in [2.45, 2.75) is 0 Å². The third-order valence-electron chi connectivity index (χ3n) is 2.05. The first-order valence-electron chi connectivity index (χ1n) is 4.53. The molecule has 0 atom stereocenters. The minimum atomic E-state index is -0.910. The van der Waals surface area contributed by atoms with Crippen LogP contribution in [0.15, 0.2) is 30.6 Å².